The first-order chi connectivity index (χ1) is 20.2. The topological polar surface area (TPSA) is 123 Å². The van der Waals surface area contributed by atoms with Crippen LogP contribution in [-0.4, -0.2) is 53.3 Å². The molecule has 0 fully saturated rings. The highest BCUT2D eigenvalue weighted by Gasteiger charge is 2.22. The Labute approximate surface area is 242 Å². The van der Waals surface area contributed by atoms with E-state index in [9.17, 15) is 24.5 Å². The minimum atomic E-state index is -0.499. The SMILES string of the molecule is COCCN(CC(=O)N(Cc1ccccc1)Cc1coc2ccc(C)cc2c1=O)C(=O)C=Cc1ccc([N+](=O)[O-])cc1. The van der Waals surface area contributed by atoms with E-state index in [1.807, 2.05) is 43.3 Å². The molecule has 0 saturated heterocycles. The molecule has 4 aromatic rings. The van der Waals surface area contributed by atoms with Gasteiger partial charge in [0.25, 0.3) is 5.69 Å². The molecule has 10 nitrogen and oxygen atoms in total. The summed E-state index contributed by atoms with van der Waals surface area (Å²) in [6, 6.07) is 20.5. The van der Waals surface area contributed by atoms with Crippen LogP contribution < -0.4 is 5.43 Å². The molecule has 0 radical (unpaired) electrons. The van der Waals surface area contributed by atoms with Crippen LogP contribution in [0.1, 0.15) is 22.3 Å². The Balaban J connectivity index is 1.57. The summed E-state index contributed by atoms with van der Waals surface area (Å²) in [4.78, 5) is 53.5. The number of amides is 2. The molecule has 0 aliphatic rings. The van der Waals surface area contributed by atoms with Crippen molar-refractivity contribution in [3.63, 3.8) is 0 Å². The molecular weight excluding hydrogens is 538 g/mol. The maximum atomic E-state index is 13.7. The van der Waals surface area contributed by atoms with E-state index in [0.717, 1.165) is 11.1 Å². The fourth-order valence-corrected chi connectivity index (χ4v) is 4.35. The lowest BCUT2D eigenvalue weighted by molar-refractivity contribution is -0.384. The summed E-state index contributed by atoms with van der Waals surface area (Å²) in [5.74, 6) is -0.796. The third kappa shape index (κ3) is 7.76. The fraction of sp³-hybridized carbons (Fsp3) is 0.219. The van der Waals surface area contributed by atoms with Gasteiger partial charge < -0.3 is 19.0 Å². The van der Waals surface area contributed by atoms with E-state index in [0.29, 0.717) is 22.1 Å². The lowest BCUT2D eigenvalue weighted by Crippen LogP contribution is -2.43. The van der Waals surface area contributed by atoms with Gasteiger partial charge in [-0.3, -0.25) is 24.5 Å². The number of rotatable bonds is 12. The Hall–Kier alpha value is -5.09. The van der Waals surface area contributed by atoms with E-state index in [2.05, 4.69) is 0 Å². The predicted molar refractivity (Wildman–Crippen MR) is 159 cm³/mol. The normalized spacial score (nSPS) is 11.1. The molecule has 4 rings (SSSR count). The smallest absolute Gasteiger partial charge is 0.269 e. The highest BCUT2D eigenvalue weighted by Crippen LogP contribution is 2.16. The number of carbonyl (C=O) groups excluding carboxylic acids is 2. The number of nitro benzene ring substituents is 1. The number of nitrogens with zero attached hydrogens (tertiary/aromatic N) is 3. The number of carbonyl (C=O) groups is 2. The Morgan fingerprint density at radius 1 is 1.00 bits per heavy atom. The maximum absolute atomic E-state index is 13.7. The van der Waals surface area contributed by atoms with Crippen molar-refractivity contribution >= 4 is 34.5 Å². The largest absolute Gasteiger partial charge is 0.464 e. The molecule has 0 aliphatic carbocycles. The molecule has 216 valence electrons. The molecule has 1 aromatic heterocycles. The number of nitro groups is 1. The number of hydrogen-bond donors (Lipinski definition) is 0. The molecule has 10 heteroatoms. The molecule has 0 aliphatic heterocycles. The van der Waals surface area contributed by atoms with Crippen LogP contribution in [0.25, 0.3) is 17.0 Å². The molecule has 0 atom stereocenters. The van der Waals surface area contributed by atoms with Gasteiger partial charge in [0.05, 0.1) is 35.3 Å². The van der Waals surface area contributed by atoms with Crippen LogP contribution in [0.2, 0.25) is 0 Å². The zero-order chi connectivity index (χ0) is 30.1. The van der Waals surface area contributed by atoms with Crippen LogP contribution >= 0.6 is 0 Å². The first kappa shape index (κ1) is 29.9. The van der Waals surface area contributed by atoms with Gasteiger partial charge in [-0.25, -0.2) is 0 Å². The molecule has 0 saturated carbocycles. The number of benzene rings is 3. The van der Waals surface area contributed by atoms with Crippen molar-refractivity contribution in [2.24, 2.45) is 0 Å². The van der Waals surface area contributed by atoms with Gasteiger partial charge in [-0.15, -0.1) is 0 Å². The van der Waals surface area contributed by atoms with Crippen LogP contribution in [0.3, 0.4) is 0 Å². The van der Waals surface area contributed by atoms with Crippen LogP contribution in [0, 0.1) is 17.0 Å². The number of fused-ring (bicyclic) bond motifs is 1. The van der Waals surface area contributed by atoms with Crippen molar-refractivity contribution in [2.75, 3.05) is 26.8 Å². The maximum Gasteiger partial charge on any atom is 0.269 e. The second-order valence-corrected chi connectivity index (χ2v) is 9.76. The Morgan fingerprint density at radius 3 is 2.43 bits per heavy atom. The minimum absolute atomic E-state index is 0.00904. The van der Waals surface area contributed by atoms with Crippen LogP contribution in [-0.2, 0) is 27.4 Å². The molecule has 0 N–H and O–H groups in total. The van der Waals surface area contributed by atoms with Crippen molar-refractivity contribution in [1.29, 1.82) is 0 Å². The van der Waals surface area contributed by atoms with Crippen molar-refractivity contribution < 1.29 is 23.7 Å². The third-order valence-electron chi connectivity index (χ3n) is 6.66. The molecule has 1 heterocycles. The summed E-state index contributed by atoms with van der Waals surface area (Å²) in [5, 5.41) is 11.3. The van der Waals surface area contributed by atoms with E-state index < -0.39 is 10.8 Å². The standard InChI is InChI=1S/C32H31N3O7/c1-23-8-14-29-28(18-23)32(38)26(22-42-29)20-34(19-25-6-4-3-5-7-25)31(37)21-33(16-17-41-2)30(36)15-11-24-9-12-27(13-10-24)35(39)40/h3-15,18,22H,16-17,19-21H2,1-2H3. The van der Waals surface area contributed by atoms with Gasteiger partial charge in [-0.05, 0) is 48.4 Å². The number of non-ortho nitro benzene ring substituents is 1. The van der Waals surface area contributed by atoms with Crippen LogP contribution in [0.15, 0.2) is 94.3 Å². The highest BCUT2D eigenvalue weighted by molar-refractivity contribution is 5.94. The summed E-state index contributed by atoms with van der Waals surface area (Å²) >= 11 is 0. The number of hydrogen-bond acceptors (Lipinski definition) is 7. The van der Waals surface area contributed by atoms with Crippen LogP contribution in [0.5, 0.6) is 0 Å². The Kier molecular flexibility index (Phi) is 9.96. The van der Waals surface area contributed by atoms with E-state index >= 15 is 0 Å². The van der Waals surface area contributed by atoms with Crippen molar-refractivity contribution in [3.05, 3.63) is 128 Å². The van der Waals surface area contributed by atoms with Gasteiger partial charge in [0.1, 0.15) is 12.1 Å². The molecule has 3 aromatic carbocycles. The van der Waals surface area contributed by atoms with E-state index in [4.69, 9.17) is 9.15 Å². The van der Waals surface area contributed by atoms with Crippen LogP contribution in [0.4, 0.5) is 5.69 Å². The zero-order valence-corrected chi connectivity index (χ0v) is 23.4. The first-order valence-corrected chi connectivity index (χ1v) is 13.3. The second kappa shape index (κ2) is 14.0. The molecule has 0 spiro atoms. The van der Waals surface area contributed by atoms with Crippen molar-refractivity contribution in [1.82, 2.24) is 9.80 Å². The summed E-state index contributed by atoms with van der Waals surface area (Å²) in [6.45, 7) is 2.20. The molecular formula is C32H31N3O7. The number of methoxy groups -OCH3 is 1. The minimum Gasteiger partial charge on any atom is -0.464 e. The van der Waals surface area contributed by atoms with E-state index in [1.54, 1.807) is 12.1 Å². The van der Waals surface area contributed by atoms with Gasteiger partial charge in [0.2, 0.25) is 11.8 Å². The number of ether oxygens (including phenoxy) is 1. The molecule has 42 heavy (non-hydrogen) atoms. The first-order valence-electron chi connectivity index (χ1n) is 13.3. The quantitative estimate of drug-likeness (QED) is 0.137. The number of aryl methyl sites for hydroxylation is 1. The molecule has 2 amide bonds. The predicted octanol–water partition coefficient (Wildman–Crippen LogP) is 4.73. The Morgan fingerprint density at radius 2 is 1.74 bits per heavy atom. The van der Waals surface area contributed by atoms with Gasteiger partial charge in [-0.2, -0.15) is 0 Å². The summed E-state index contributed by atoms with van der Waals surface area (Å²) in [7, 11) is 1.50. The zero-order valence-electron chi connectivity index (χ0n) is 23.4. The van der Waals surface area contributed by atoms with Crippen molar-refractivity contribution in [3.8, 4) is 0 Å². The second-order valence-electron chi connectivity index (χ2n) is 9.76. The van der Waals surface area contributed by atoms with Crippen molar-refractivity contribution in [2.45, 2.75) is 20.0 Å². The van der Waals surface area contributed by atoms with E-state index in [-0.39, 0.29) is 49.8 Å². The highest BCUT2D eigenvalue weighted by atomic mass is 16.6. The van der Waals surface area contributed by atoms with Gasteiger partial charge in [0.15, 0.2) is 5.43 Å². The van der Waals surface area contributed by atoms with E-state index in [1.165, 1.54) is 59.6 Å². The lowest BCUT2D eigenvalue weighted by atomic mass is 10.1. The molecule has 0 unspecified atom stereocenters. The summed E-state index contributed by atoms with van der Waals surface area (Å²) in [6.07, 6.45) is 4.22. The summed E-state index contributed by atoms with van der Waals surface area (Å²) in [5.41, 5.74) is 2.88. The third-order valence-corrected chi connectivity index (χ3v) is 6.66. The lowest BCUT2D eigenvalue weighted by Gasteiger charge is -2.27. The average molecular weight is 570 g/mol. The molecule has 0 bridgehead atoms. The monoisotopic (exact) mass is 569 g/mol. The summed E-state index contributed by atoms with van der Waals surface area (Å²) < 4.78 is 10.9. The van der Waals surface area contributed by atoms with Gasteiger partial charge >= 0.3 is 0 Å². The van der Waals surface area contributed by atoms with Gasteiger partial charge in [-0.1, -0.05) is 42.0 Å². The fourth-order valence-electron chi connectivity index (χ4n) is 4.35. The average Bonchev–Trinajstić information content (AvgIpc) is 2.99. The van der Waals surface area contributed by atoms with Gasteiger partial charge in [0, 0.05) is 38.4 Å². The Bertz CT molecular complexity index is 1650.